The highest BCUT2D eigenvalue weighted by Crippen LogP contribution is 2.23. The summed E-state index contributed by atoms with van der Waals surface area (Å²) in [6.07, 6.45) is 0. The molecule has 17 heavy (non-hydrogen) atoms. The van der Waals surface area contributed by atoms with E-state index in [0.29, 0.717) is 5.56 Å². The fourth-order valence-corrected chi connectivity index (χ4v) is 2.09. The van der Waals surface area contributed by atoms with Crippen LogP contribution in [0, 0.1) is 0 Å². The lowest BCUT2D eigenvalue weighted by molar-refractivity contribution is 0.0600. The molecule has 0 radical (unpaired) electrons. The minimum atomic E-state index is -0.275. The van der Waals surface area contributed by atoms with Crippen molar-refractivity contribution in [2.45, 2.75) is 13.1 Å². The molecule has 0 unspecified atom stereocenters. The molecule has 1 heterocycles. The van der Waals surface area contributed by atoms with Gasteiger partial charge in [0, 0.05) is 26.7 Å². The Morgan fingerprint density at radius 1 is 1.29 bits per heavy atom. The molecule has 4 nitrogen and oxygen atoms in total. The maximum Gasteiger partial charge on any atom is 0.337 e. The number of benzene rings is 1. The summed E-state index contributed by atoms with van der Waals surface area (Å²) in [6, 6.07) is 5.76. The van der Waals surface area contributed by atoms with Crippen molar-refractivity contribution < 1.29 is 14.3 Å². The SMILES string of the molecule is COCCN1Cc2ccc(C(=O)OC)cc2C1. The topological polar surface area (TPSA) is 38.8 Å². The van der Waals surface area contributed by atoms with Crippen molar-refractivity contribution in [2.75, 3.05) is 27.4 Å². The van der Waals surface area contributed by atoms with Crippen LogP contribution in [0.4, 0.5) is 0 Å². The third kappa shape index (κ3) is 2.65. The monoisotopic (exact) mass is 235 g/mol. The third-order valence-electron chi connectivity index (χ3n) is 3.03. The number of nitrogens with zero attached hydrogens (tertiary/aromatic N) is 1. The van der Waals surface area contributed by atoms with E-state index in [0.717, 1.165) is 26.2 Å². The van der Waals surface area contributed by atoms with Crippen LogP contribution in [0.1, 0.15) is 21.5 Å². The van der Waals surface area contributed by atoms with Gasteiger partial charge < -0.3 is 9.47 Å². The number of fused-ring (bicyclic) bond motifs is 1. The predicted molar refractivity (Wildman–Crippen MR) is 63.8 cm³/mol. The summed E-state index contributed by atoms with van der Waals surface area (Å²) in [5.74, 6) is -0.275. The van der Waals surface area contributed by atoms with Crippen LogP contribution >= 0.6 is 0 Å². The molecule has 0 atom stereocenters. The van der Waals surface area contributed by atoms with E-state index in [1.54, 1.807) is 7.11 Å². The second-order valence-electron chi connectivity index (χ2n) is 4.18. The van der Waals surface area contributed by atoms with E-state index < -0.39 is 0 Å². The first-order valence-corrected chi connectivity index (χ1v) is 5.66. The zero-order valence-corrected chi connectivity index (χ0v) is 10.2. The highest BCUT2D eigenvalue weighted by atomic mass is 16.5. The maximum atomic E-state index is 11.4. The van der Waals surface area contributed by atoms with Crippen molar-refractivity contribution in [1.82, 2.24) is 4.90 Å². The zero-order chi connectivity index (χ0) is 12.3. The van der Waals surface area contributed by atoms with Crippen LogP contribution in [0.2, 0.25) is 0 Å². The van der Waals surface area contributed by atoms with Gasteiger partial charge in [0.1, 0.15) is 0 Å². The van der Waals surface area contributed by atoms with E-state index in [-0.39, 0.29) is 5.97 Å². The number of methoxy groups -OCH3 is 2. The Morgan fingerprint density at radius 2 is 2.06 bits per heavy atom. The van der Waals surface area contributed by atoms with E-state index >= 15 is 0 Å². The molecule has 0 fully saturated rings. The van der Waals surface area contributed by atoms with Crippen molar-refractivity contribution in [1.29, 1.82) is 0 Å². The lowest BCUT2D eigenvalue weighted by atomic mass is 10.1. The molecule has 1 aliphatic heterocycles. The zero-order valence-electron chi connectivity index (χ0n) is 10.2. The van der Waals surface area contributed by atoms with Crippen molar-refractivity contribution in [2.24, 2.45) is 0 Å². The number of carbonyl (C=O) groups excluding carboxylic acids is 1. The third-order valence-corrected chi connectivity index (χ3v) is 3.03. The molecule has 0 N–H and O–H groups in total. The Hall–Kier alpha value is -1.39. The van der Waals surface area contributed by atoms with Crippen LogP contribution in [0.3, 0.4) is 0 Å². The Bertz CT molecular complexity index is 417. The van der Waals surface area contributed by atoms with Crippen LogP contribution in [0.5, 0.6) is 0 Å². The van der Waals surface area contributed by atoms with Gasteiger partial charge in [0.15, 0.2) is 0 Å². The van der Waals surface area contributed by atoms with Gasteiger partial charge in [-0.2, -0.15) is 0 Å². The standard InChI is InChI=1S/C13H17NO3/c1-16-6-5-14-8-11-4-3-10(13(15)17-2)7-12(11)9-14/h3-4,7H,5-6,8-9H2,1-2H3. The molecular weight excluding hydrogens is 218 g/mol. The number of carbonyl (C=O) groups is 1. The molecular formula is C13H17NO3. The summed E-state index contributed by atoms with van der Waals surface area (Å²) in [5.41, 5.74) is 3.12. The van der Waals surface area contributed by atoms with E-state index in [9.17, 15) is 4.79 Å². The molecule has 0 saturated heterocycles. The predicted octanol–water partition coefficient (Wildman–Crippen LogP) is 1.44. The van der Waals surface area contributed by atoms with Gasteiger partial charge in [0.05, 0.1) is 19.3 Å². The van der Waals surface area contributed by atoms with Gasteiger partial charge in [0.25, 0.3) is 0 Å². The lowest BCUT2D eigenvalue weighted by Gasteiger charge is -2.13. The Morgan fingerprint density at radius 3 is 2.76 bits per heavy atom. The minimum absolute atomic E-state index is 0.275. The van der Waals surface area contributed by atoms with E-state index in [1.165, 1.54) is 18.2 Å². The van der Waals surface area contributed by atoms with Gasteiger partial charge in [-0.1, -0.05) is 6.07 Å². The normalized spacial score (nSPS) is 14.7. The molecule has 92 valence electrons. The van der Waals surface area contributed by atoms with Gasteiger partial charge in [0.2, 0.25) is 0 Å². The van der Waals surface area contributed by atoms with Gasteiger partial charge in [-0.3, -0.25) is 4.90 Å². The molecule has 1 aliphatic rings. The van der Waals surface area contributed by atoms with Gasteiger partial charge >= 0.3 is 5.97 Å². The molecule has 0 spiro atoms. The average Bonchev–Trinajstić information content (AvgIpc) is 2.76. The van der Waals surface area contributed by atoms with Crippen LogP contribution in [-0.4, -0.2) is 38.2 Å². The highest BCUT2D eigenvalue weighted by Gasteiger charge is 2.19. The Labute approximate surface area is 101 Å². The van der Waals surface area contributed by atoms with Gasteiger partial charge in [-0.25, -0.2) is 4.79 Å². The molecule has 0 aromatic heterocycles. The quantitative estimate of drug-likeness (QED) is 0.740. The second kappa shape index (κ2) is 5.29. The van der Waals surface area contributed by atoms with Crippen LogP contribution in [0.25, 0.3) is 0 Å². The maximum absolute atomic E-state index is 11.4. The summed E-state index contributed by atoms with van der Waals surface area (Å²) < 4.78 is 9.78. The van der Waals surface area contributed by atoms with Crippen LogP contribution < -0.4 is 0 Å². The summed E-state index contributed by atoms with van der Waals surface area (Å²) in [5, 5.41) is 0. The minimum Gasteiger partial charge on any atom is -0.465 e. The smallest absolute Gasteiger partial charge is 0.337 e. The molecule has 2 rings (SSSR count). The first-order chi connectivity index (χ1) is 8.24. The number of hydrogen-bond acceptors (Lipinski definition) is 4. The van der Waals surface area contributed by atoms with Crippen LogP contribution in [-0.2, 0) is 22.6 Å². The molecule has 1 aromatic rings. The Balaban J connectivity index is 2.08. The van der Waals surface area contributed by atoms with Crippen molar-refractivity contribution in [3.8, 4) is 0 Å². The molecule has 0 saturated carbocycles. The van der Waals surface area contributed by atoms with Crippen molar-refractivity contribution in [3.63, 3.8) is 0 Å². The van der Waals surface area contributed by atoms with Crippen molar-refractivity contribution >= 4 is 5.97 Å². The molecule has 0 aliphatic carbocycles. The lowest BCUT2D eigenvalue weighted by Crippen LogP contribution is -2.21. The first kappa shape index (κ1) is 12.1. The van der Waals surface area contributed by atoms with E-state index in [4.69, 9.17) is 9.47 Å². The van der Waals surface area contributed by atoms with E-state index in [2.05, 4.69) is 4.90 Å². The van der Waals surface area contributed by atoms with Gasteiger partial charge in [-0.15, -0.1) is 0 Å². The van der Waals surface area contributed by atoms with Crippen molar-refractivity contribution in [3.05, 3.63) is 34.9 Å². The summed E-state index contributed by atoms with van der Waals surface area (Å²) >= 11 is 0. The summed E-state index contributed by atoms with van der Waals surface area (Å²) in [7, 11) is 3.11. The van der Waals surface area contributed by atoms with Crippen LogP contribution in [0.15, 0.2) is 18.2 Å². The molecule has 0 amide bonds. The second-order valence-corrected chi connectivity index (χ2v) is 4.18. The molecule has 4 heteroatoms. The molecule has 1 aromatic carbocycles. The molecule has 0 bridgehead atoms. The highest BCUT2D eigenvalue weighted by molar-refractivity contribution is 5.89. The fourth-order valence-electron chi connectivity index (χ4n) is 2.09. The van der Waals surface area contributed by atoms with Gasteiger partial charge in [-0.05, 0) is 23.3 Å². The fraction of sp³-hybridized carbons (Fsp3) is 0.462. The number of rotatable bonds is 4. The number of ether oxygens (including phenoxy) is 2. The first-order valence-electron chi connectivity index (χ1n) is 5.66. The number of hydrogen-bond donors (Lipinski definition) is 0. The average molecular weight is 235 g/mol. The van der Waals surface area contributed by atoms with E-state index in [1.807, 2.05) is 18.2 Å². The summed E-state index contributed by atoms with van der Waals surface area (Å²) in [4.78, 5) is 13.7. The Kier molecular flexibility index (Phi) is 3.76. The number of esters is 1. The largest absolute Gasteiger partial charge is 0.465 e. The summed E-state index contributed by atoms with van der Waals surface area (Å²) in [6.45, 7) is 3.46.